The summed E-state index contributed by atoms with van der Waals surface area (Å²) in [4.78, 5) is 11.6. The molecule has 1 aromatic carbocycles. The molecule has 0 saturated heterocycles. The molecule has 7 heteroatoms. The first kappa shape index (κ1) is 18.0. The van der Waals surface area contributed by atoms with E-state index in [-0.39, 0.29) is 11.1 Å². The predicted molar refractivity (Wildman–Crippen MR) is 81.7 cm³/mol. The molecule has 2 rings (SSSR count). The second-order valence-electron chi connectivity index (χ2n) is 6.45. The molecule has 0 amide bonds. The van der Waals surface area contributed by atoms with Crippen molar-refractivity contribution in [2.45, 2.75) is 44.0 Å². The van der Waals surface area contributed by atoms with Crippen LogP contribution in [0.25, 0.3) is 0 Å². The summed E-state index contributed by atoms with van der Waals surface area (Å²) in [6.45, 7) is 4.70. The van der Waals surface area contributed by atoms with Crippen molar-refractivity contribution >= 4 is 11.7 Å². The average molecular weight is 337 g/mol. The molecule has 0 bridgehead atoms. The van der Waals surface area contributed by atoms with E-state index >= 15 is 0 Å². The Balaban J connectivity index is 2.49. The van der Waals surface area contributed by atoms with Crippen LogP contribution in [-0.2, 0) is 9.53 Å². The van der Waals surface area contributed by atoms with E-state index in [1.165, 1.54) is 24.3 Å². The number of aliphatic hydroxyl groups excluding tert-OH is 1. The minimum Gasteiger partial charge on any atom is -0.450 e. The second kappa shape index (κ2) is 5.65. The highest BCUT2D eigenvalue weighted by molar-refractivity contribution is 6.10. The molecule has 0 spiro atoms. The van der Waals surface area contributed by atoms with Gasteiger partial charge in [0.05, 0.1) is 5.71 Å². The monoisotopic (exact) mass is 337 g/mol. The predicted octanol–water partition coefficient (Wildman–Crippen LogP) is 1.81. The fraction of sp³-hybridized carbons (Fsp3) is 0.412. The standard InChI is InChI=1S/C17H17F2NO4/c1-15(2,3)24-12(21)8-9-16(23)13(20)10-6-4-5-7-11(10)14(22)17(16,18)19/h4-7,14,20,22-23H,1-3H3/t14-,16-/m1/s1. The zero-order valence-electron chi connectivity index (χ0n) is 13.4. The van der Waals surface area contributed by atoms with Gasteiger partial charge in [-0.1, -0.05) is 24.3 Å². The van der Waals surface area contributed by atoms with Crippen LogP contribution in [-0.4, -0.2) is 39.0 Å². The van der Waals surface area contributed by atoms with Crippen LogP contribution < -0.4 is 0 Å². The molecule has 0 unspecified atom stereocenters. The number of carbonyl (C=O) groups is 1. The molecule has 1 aliphatic rings. The van der Waals surface area contributed by atoms with Crippen molar-refractivity contribution in [3.8, 4) is 11.8 Å². The van der Waals surface area contributed by atoms with E-state index in [4.69, 9.17) is 10.1 Å². The van der Waals surface area contributed by atoms with Gasteiger partial charge in [0.1, 0.15) is 11.7 Å². The van der Waals surface area contributed by atoms with Crippen LogP contribution in [0.2, 0.25) is 0 Å². The van der Waals surface area contributed by atoms with E-state index in [9.17, 15) is 23.8 Å². The van der Waals surface area contributed by atoms with Crippen molar-refractivity contribution in [2.24, 2.45) is 0 Å². The Morgan fingerprint density at radius 3 is 2.50 bits per heavy atom. The number of benzene rings is 1. The van der Waals surface area contributed by atoms with Gasteiger partial charge in [0.25, 0.3) is 0 Å². The summed E-state index contributed by atoms with van der Waals surface area (Å²) in [6.07, 6.45) is -2.36. The van der Waals surface area contributed by atoms with Gasteiger partial charge in [-0.15, -0.1) is 0 Å². The van der Waals surface area contributed by atoms with E-state index < -0.39 is 34.9 Å². The molecule has 0 saturated carbocycles. The van der Waals surface area contributed by atoms with E-state index in [0.717, 1.165) is 0 Å². The molecular weight excluding hydrogens is 320 g/mol. The number of ether oxygens (including phenoxy) is 1. The number of alkyl halides is 2. The van der Waals surface area contributed by atoms with Crippen molar-refractivity contribution < 1.29 is 28.5 Å². The first-order valence-electron chi connectivity index (χ1n) is 7.13. The zero-order valence-corrected chi connectivity index (χ0v) is 13.4. The summed E-state index contributed by atoms with van der Waals surface area (Å²) < 4.78 is 33.8. The number of nitrogens with one attached hydrogen (secondary N) is 1. The smallest absolute Gasteiger partial charge is 0.384 e. The maximum Gasteiger partial charge on any atom is 0.384 e. The Labute approximate surface area is 137 Å². The highest BCUT2D eigenvalue weighted by Crippen LogP contribution is 2.47. The molecule has 5 nitrogen and oxygen atoms in total. The maximum atomic E-state index is 14.5. The van der Waals surface area contributed by atoms with Crippen LogP contribution in [0.1, 0.15) is 38.0 Å². The van der Waals surface area contributed by atoms with Crippen LogP contribution in [0.3, 0.4) is 0 Å². The number of esters is 1. The third-order valence-electron chi connectivity index (χ3n) is 3.46. The number of fused-ring (bicyclic) bond motifs is 1. The van der Waals surface area contributed by atoms with E-state index in [1.807, 2.05) is 0 Å². The van der Waals surface area contributed by atoms with E-state index in [1.54, 1.807) is 32.6 Å². The Kier molecular flexibility index (Phi) is 4.25. The van der Waals surface area contributed by atoms with Crippen LogP contribution in [0.4, 0.5) is 8.78 Å². The summed E-state index contributed by atoms with van der Waals surface area (Å²) in [5.41, 5.74) is -5.32. The fourth-order valence-corrected chi connectivity index (χ4v) is 2.31. The Morgan fingerprint density at radius 2 is 1.92 bits per heavy atom. The summed E-state index contributed by atoms with van der Waals surface area (Å²) in [7, 11) is 0. The molecule has 3 N–H and O–H groups in total. The number of aliphatic hydroxyl groups is 2. The molecule has 0 fully saturated rings. The second-order valence-corrected chi connectivity index (χ2v) is 6.45. The van der Waals surface area contributed by atoms with E-state index in [0.29, 0.717) is 0 Å². The summed E-state index contributed by atoms with van der Waals surface area (Å²) >= 11 is 0. The van der Waals surface area contributed by atoms with Crippen LogP contribution in [0.5, 0.6) is 0 Å². The third-order valence-corrected chi connectivity index (χ3v) is 3.46. The SMILES string of the molecule is CC(C)(C)OC(=O)C#C[C@@]1(O)C(=N)c2ccccc2[C@@H](O)C1(F)F. The normalized spacial score (nSPS) is 25.3. The summed E-state index contributed by atoms with van der Waals surface area (Å²) in [5, 5.41) is 28.1. The number of rotatable bonds is 0. The maximum absolute atomic E-state index is 14.5. The van der Waals surface area contributed by atoms with Crippen molar-refractivity contribution in [2.75, 3.05) is 0 Å². The Morgan fingerprint density at radius 1 is 1.33 bits per heavy atom. The lowest BCUT2D eigenvalue weighted by atomic mass is 9.74. The fourth-order valence-electron chi connectivity index (χ4n) is 2.31. The molecule has 2 atom stereocenters. The first-order chi connectivity index (χ1) is 10.9. The van der Waals surface area contributed by atoms with Gasteiger partial charge in [-0.05, 0) is 32.3 Å². The van der Waals surface area contributed by atoms with Gasteiger partial charge in [0.2, 0.25) is 5.60 Å². The number of halogens is 2. The number of hydrogen-bond acceptors (Lipinski definition) is 5. The highest BCUT2D eigenvalue weighted by Gasteiger charge is 2.64. The molecule has 24 heavy (non-hydrogen) atoms. The summed E-state index contributed by atoms with van der Waals surface area (Å²) in [5.74, 6) is -1.77. The van der Waals surface area contributed by atoms with Gasteiger partial charge in [0.15, 0.2) is 0 Å². The van der Waals surface area contributed by atoms with Crippen molar-refractivity contribution in [1.82, 2.24) is 0 Å². The van der Waals surface area contributed by atoms with Gasteiger partial charge in [-0.3, -0.25) is 0 Å². The highest BCUT2D eigenvalue weighted by atomic mass is 19.3. The minimum atomic E-state index is -4.17. The summed E-state index contributed by atoms with van der Waals surface area (Å²) in [6, 6.07) is 5.47. The Hall–Kier alpha value is -2.30. The topological polar surface area (TPSA) is 90.6 Å². The molecule has 128 valence electrons. The molecule has 0 radical (unpaired) electrons. The third kappa shape index (κ3) is 2.90. The number of carbonyl (C=O) groups excluding carboxylic acids is 1. The Bertz CT molecular complexity index is 758. The quantitative estimate of drug-likeness (QED) is 0.383. The van der Waals surface area contributed by atoms with Crippen molar-refractivity contribution in [3.63, 3.8) is 0 Å². The van der Waals surface area contributed by atoms with Gasteiger partial charge in [-0.2, -0.15) is 8.78 Å². The van der Waals surface area contributed by atoms with Gasteiger partial charge < -0.3 is 20.4 Å². The molecular formula is C17H17F2NO4. The molecule has 0 heterocycles. The average Bonchev–Trinajstić information content (AvgIpc) is 2.48. The first-order valence-corrected chi connectivity index (χ1v) is 7.13. The van der Waals surface area contributed by atoms with Crippen LogP contribution in [0, 0.1) is 17.3 Å². The molecule has 1 aromatic rings. The number of hydrogen-bond donors (Lipinski definition) is 3. The van der Waals surface area contributed by atoms with Gasteiger partial charge in [-0.25, -0.2) is 4.79 Å². The molecule has 1 aliphatic carbocycles. The minimum absolute atomic E-state index is 0.0584. The van der Waals surface area contributed by atoms with Gasteiger partial charge in [0, 0.05) is 11.5 Å². The molecule has 0 aliphatic heterocycles. The van der Waals surface area contributed by atoms with Crippen LogP contribution >= 0.6 is 0 Å². The lowest BCUT2D eigenvalue weighted by Gasteiger charge is -2.40. The van der Waals surface area contributed by atoms with Crippen molar-refractivity contribution in [1.29, 1.82) is 5.41 Å². The lowest BCUT2D eigenvalue weighted by Crippen LogP contribution is -2.59. The largest absolute Gasteiger partial charge is 0.450 e. The molecule has 0 aromatic heterocycles. The zero-order chi connectivity index (χ0) is 18.3. The van der Waals surface area contributed by atoms with Crippen LogP contribution in [0.15, 0.2) is 24.3 Å². The van der Waals surface area contributed by atoms with E-state index in [2.05, 4.69) is 0 Å². The van der Waals surface area contributed by atoms with Crippen molar-refractivity contribution in [3.05, 3.63) is 35.4 Å². The van der Waals surface area contributed by atoms with Gasteiger partial charge >= 0.3 is 11.9 Å². The lowest BCUT2D eigenvalue weighted by molar-refractivity contribution is -0.187.